The molecule has 3 rings (SSSR count). The van der Waals surface area contributed by atoms with Crippen molar-refractivity contribution >= 4 is 33.0 Å². The fourth-order valence-electron chi connectivity index (χ4n) is 3.17. The molecule has 0 heterocycles. The van der Waals surface area contributed by atoms with Gasteiger partial charge in [-0.05, 0) is 54.8 Å². The molecule has 166 valence electrons. The van der Waals surface area contributed by atoms with Crippen molar-refractivity contribution in [2.75, 3.05) is 15.9 Å². The molecule has 0 aliphatic heterocycles. The first-order valence-electron chi connectivity index (χ1n) is 9.75. The normalized spacial score (nSPS) is 11.1. The molecule has 0 aromatic heterocycles. The van der Waals surface area contributed by atoms with Gasteiger partial charge in [-0.2, -0.15) is 0 Å². The highest BCUT2D eigenvalue weighted by atomic mass is 32.2. The van der Waals surface area contributed by atoms with Crippen LogP contribution in [0.2, 0.25) is 0 Å². The first kappa shape index (κ1) is 23.0. The van der Waals surface area contributed by atoms with Crippen LogP contribution in [0.1, 0.15) is 27.0 Å². The van der Waals surface area contributed by atoms with Crippen molar-refractivity contribution < 1.29 is 18.1 Å². The van der Waals surface area contributed by atoms with Gasteiger partial charge in [-0.1, -0.05) is 30.3 Å². The predicted octanol–water partition coefficient (Wildman–Crippen LogP) is 4.43. The summed E-state index contributed by atoms with van der Waals surface area (Å²) in [7, 11) is -3.56. The van der Waals surface area contributed by atoms with Gasteiger partial charge in [-0.25, -0.2) is 8.42 Å². The largest absolute Gasteiger partial charge is 0.321 e. The lowest BCUT2D eigenvalue weighted by molar-refractivity contribution is -0.384. The van der Waals surface area contributed by atoms with Gasteiger partial charge < -0.3 is 5.32 Å². The average Bonchev–Trinajstić information content (AvgIpc) is 2.74. The molecule has 1 amide bonds. The van der Waals surface area contributed by atoms with Crippen LogP contribution in [0.4, 0.5) is 17.1 Å². The fraction of sp³-hybridized carbons (Fsp3) is 0.174. The van der Waals surface area contributed by atoms with Crippen LogP contribution in [0, 0.1) is 24.0 Å². The second kappa shape index (κ2) is 9.19. The van der Waals surface area contributed by atoms with Crippen LogP contribution in [0.15, 0.2) is 66.7 Å². The number of hydrogen-bond donors (Lipinski definition) is 1. The van der Waals surface area contributed by atoms with Crippen LogP contribution in [0.25, 0.3) is 0 Å². The number of anilines is 2. The third kappa shape index (κ3) is 5.30. The smallest absolute Gasteiger partial charge is 0.271 e. The van der Waals surface area contributed by atoms with Crippen molar-refractivity contribution in [2.45, 2.75) is 20.4 Å². The summed E-state index contributed by atoms with van der Waals surface area (Å²) in [6.07, 6.45) is 1.14. The van der Waals surface area contributed by atoms with Gasteiger partial charge in [0, 0.05) is 17.7 Å². The Morgan fingerprint density at radius 3 is 2.25 bits per heavy atom. The van der Waals surface area contributed by atoms with Crippen molar-refractivity contribution in [2.24, 2.45) is 0 Å². The lowest BCUT2D eigenvalue weighted by atomic mass is 10.1. The fourth-order valence-corrected chi connectivity index (χ4v) is 4.05. The minimum absolute atomic E-state index is 0.124. The van der Waals surface area contributed by atoms with Gasteiger partial charge in [0.1, 0.15) is 0 Å². The molecular weight excluding hydrogens is 430 g/mol. The molecule has 0 atom stereocenters. The van der Waals surface area contributed by atoms with Gasteiger partial charge in [-0.3, -0.25) is 19.2 Å². The summed E-state index contributed by atoms with van der Waals surface area (Å²) in [6, 6.07) is 17.9. The van der Waals surface area contributed by atoms with Crippen LogP contribution in [0.3, 0.4) is 0 Å². The molecule has 0 spiro atoms. The van der Waals surface area contributed by atoms with Crippen LogP contribution in [-0.4, -0.2) is 25.5 Å². The Hall–Kier alpha value is -3.72. The molecule has 0 aliphatic carbocycles. The van der Waals surface area contributed by atoms with Crippen LogP contribution in [0.5, 0.6) is 0 Å². The Bertz CT molecular complexity index is 1270. The van der Waals surface area contributed by atoms with E-state index in [-0.39, 0.29) is 12.2 Å². The number of nitrogens with one attached hydrogen (secondary N) is 1. The number of hydrogen-bond acceptors (Lipinski definition) is 5. The van der Waals surface area contributed by atoms with Crippen molar-refractivity contribution in [3.8, 4) is 0 Å². The van der Waals surface area contributed by atoms with Crippen LogP contribution >= 0.6 is 0 Å². The van der Waals surface area contributed by atoms with Crippen molar-refractivity contribution in [1.82, 2.24) is 0 Å². The Kier molecular flexibility index (Phi) is 6.59. The molecule has 3 aromatic rings. The highest BCUT2D eigenvalue weighted by molar-refractivity contribution is 7.92. The maximum Gasteiger partial charge on any atom is 0.271 e. The summed E-state index contributed by atoms with van der Waals surface area (Å²) in [4.78, 5) is 23.1. The van der Waals surface area contributed by atoms with Gasteiger partial charge in [0.25, 0.3) is 11.6 Å². The molecule has 32 heavy (non-hydrogen) atoms. The third-order valence-corrected chi connectivity index (χ3v) is 6.21. The highest BCUT2D eigenvalue weighted by Crippen LogP contribution is 2.25. The summed E-state index contributed by atoms with van der Waals surface area (Å²) in [6.45, 7) is 3.82. The lowest BCUT2D eigenvalue weighted by Gasteiger charge is -2.23. The molecule has 0 aliphatic rings. The van der Waals surface area contributed by atoms with E-state index >= 15 is 0 Å². The maximum atomic E-state index is 12.6. The van der Waals surface area contributed by atoms with E-state index in [2.05, 4.69) is 5.32 Å². The molecule has 0 radical (unpaired) electrons. The molecule has 1 N–H and O–H groups in total. The number of nitrogens with zero attached hydrogens (tertiary/aromatic N) is 2. The van der Waals surface area contributed by atoms with Crippen LogP contribution in [-0.2, 0) is 16.6 Å². The van der Waals surface area contributed by atoms with E-state index in [1.807, 2.05) is 31.2 Å². The molecular formula is C23H23N3O5S. The maximum absolute atomic E-state index is 12.6. The number of aryl methyl sites for hydroxylation is 2. The predicted molar refractivity (Wildman–Crippen MR) is 124 cm³/mol. The van der Waals surface area contributed by atoms with Crippen molar-refractivity contribution in [3.63, 3.8) is 0 Å². The number of carbonyl (C=O) groups is 1. The second-order valence-corrected chi connectivity index (χ2v) is 9.36. The summed E-state index contributed by atoms with van der Waals surface area (Å²) in [5, 5.41) is 13.7. The van der Waals surface area contributed by atoms with E-state index in [0.717, 1.165) is 17.4 Å². The van der Waals surface area contributed by atoms with Crippen molar-refractivity contribution in [1.29, 1.82) is 0 Å². The van der Waals surface area contributed by atoms with E-state index < -0.39 is 20.9 Å². The summed E-state index contributed by atoms with van der Waals surface area (Å²) >= 11 is 0. The molecule has 8 nitrogen and oxygen atoms in total. The zero-order valence-corrected chi connectivity index (χ0v) is 18.7. The molecule has 3 aromatic carbocycles. The summed E-state index contributed by atoms with van der Waals surface area (Å²) < 4.78 is 26.1. The van der Waals surface area contributed by atoms with E-state index in [9.17, 15) is 23.3 Å². The zero-order chi connectivity index (χ0) is 23.5. The first-order chi connectivity index (χ1) is 15.1. The number of nitro benzene ring substituents is 1. The minimum Gasteiger partial charge on any atom is -0.321 e. The van der Waals surface area contributed by atoms with E-state index in [4.69, 9.17) is 0 Å². The number of amides is 1. The molecule has 0 bridgehead atoms. The standard InChI is InChI=1S/C23H23N3O5S/c1-16-6-4-5-7-19(16)15-25(32(3,30)31)20-12-9-18(10-13-20)23(27)24-22-14-21(26(28)29)11-8-17(22)2/h4-14H,15H2,1-3H3,(H,24,27). The van der Waals surface area contributed by atoms with E-state index in [1.54, 1.807) is 25.1 Å². The van der Waals surface area contributed by atoms with Gasteiger partial charge in [0.15, 0.2) is 0 Å². The highest BCUT2D eigenvalue weighted by Gasteiger charge is 2.19. The third-order valence-electron chi connectivity index (χ3n) is 5.07. The Labute approximate surface area is 186 Å². The number of rotatable bonds is 7. The van der Waals surface area contributed by atoms with Gasteiger partial charge in [0.05, 0.1) is 29.1 Å². The quantitative estimate of drug-likeness (QED) is 0.420. The molecule has 0 unspecified atom stereocenters. The number of carbonyl (C=O) groups excluding carboxylic acids is 1. The average molecular weight is 454 g/mol. The van der Waals surface area contributed by atoms with Gasteiger partial charge in [0.2, 0.25) is 10.0 Å². The topological polar surface area (TPSA) is 110 Å². The molecule has 0 saturated heterocycles. The first-order valence-corrected chi connectivity index (χ1v) is 11.6. The van der Waals surface area contributed by atoms with Crippen molar-refractivity contribution in [3.05, 3.63) is 99.1 Å². The Balaban J connectivity index is 1.84. The lowest BCUT2D eigenvalue weighted by Crippen LogP contribution is -2.29. The number of non-ortho nitro benzene ring substituents is 1. The summed E-state index contributed by atoms with van der Waals surface area (Å²) in [5.74, 6) is -0.454. The SMILES string of the molecule is Cc1ccccc1CN(c1ccc(C(=O)Nc2cc([N+](=O)[O-])ccc2C)cc1)S(C)(=O)=O. The van der Waals surface area contributed by atoms with Gasteiger partial charge >= 0.3 is 0 Å². The summed E-state index contributed by atoms with van der Waals surface area (Å²) in [5.41, 5.74) is 3.47. The number of sulfonamides is 1. The zero-order valence-electron chi connectivity index (χ0n) is 17.9. The molecule has 9 heteroatoms. The van der Waals surface area contributed by atoms with Gasteiger partial charge in [-0.15, -0.1) is 0 Å². The Morgan fingerprint density at radius 2 is 1.66 bits per heavy atom. The van der Waals surface area contributed by atoms with E-state index in [0.29, 0.717) is 22.5 Å². The monoisotopic (exact) mass is 453 g/mol. The molecule has 0 fully saturated rings. The minimum atomic E-state index is -3.56. The Morgan fingerprint density at radius 1 is 1.00 bits per heavy atom. The number of benzene rings is 3. The van der Waals surface area contributed by atoms with Crippen LogP contribution < -0.4 is 9.62 Å². The number of nitro groups is 1. The molecule has 0 saturated carbocycles. The van der Waals surface area contributed by atoms with E-state index in [1.165, 1.54) is 28.6 Å². The second-order valence-electron chi connectivity index (χ2n) is 7.45.